The molecule has 0 radical (unpaired) electrons. The van der Waals surface area contributed by atoms with Crippen LogP contribution < -0.4 is 4.72 Å². The highest BCUT2D eigenvalue weighted by Crippen LogP contribution is 2.33. The van der Waals surface area contributed by atoms with Gasteiger partial charge in [-0.15, -0.1) is 0 Å². The van der Waals surface area contributed by atoms with E-state index < -0.39 is 14.9 Å². The molecule has 23 heavy (non-hydrogen) atoms. The Morgan fingerprint density at radius 2 is 2.04 bits per heavy atom. The fourth-order valence-electron chi connectivity index (χ4n) is 3.37. The van der Waals surface area contributed by atoms with Crippen LogP contribution in [0.25, 0.3) is 0 Å². The summed E-state index contributed by atoms with van der Waals surface area (Å²) in [7, 11) is -3.61. The van der Waals surface area contributed by atoms with Gasteiger partial charge in [-0.1, -0.05) is 18.2 Å². The molecule has 1 aliphatic carbocycles. The quantitative estimate of drug-likeness (QED) is 0.628. The van der Waals surface area contributed by atoms with Crippen LogP contribution in [0.5, 0.6) is 0 Å². The van der Waals surface area contributed by atoms with Crippen molar-refractivity contribution in [1.29, 1.82) is 0 Å². The lowest BCUT2D eigenvalue weighted by Gasteiger charge is -2.19. The normalized spacial score (nSPS) is 25.6. The van der Waals surface area contributed by atoms with Crippen LogP contribution in [0.3, 0.4) is 0 Å². The summed E-state index contributed by atoms with van der Waals surface area (Å²) >= 11 is 0. The summed E-state index contributed by atoms with van der Waals surface area (Å²) in [5, 5.41) is 11.0. The molecule has 1 N–H and O–H groups in total. The minimum absolute atomic E-state index is 0.113. The number of sulfonamides is 1. The first kappa shape index (κ1) is 16.4. The van der Waals surface area contributed by atoms with Gasteiger partial charge in [0.05, 0.1) is 10.7 Å². The van der Waals surface area contributed by atoms with E-state index in [4.69, 9.17) is 0 Å². The van der Waals surface area contributed by atoms with Crippen LogP contribution in [0.1, 0.15) is 31.7 Å². The summed E-state index contributed by atoms with van der Waals surface area (Å²) < 4.78 is 27.5. The van der Waals surface area contributed by atoms with E-state index in [-0.39, 0.29) is 23.0 Å². The molecule has 1 aromatic rings. The molecule has 0 amide bonds. The minimum Gasteiger partial charge on any atom is -0.296 e. The summed E-state index contributed by atoms with van der Waals surface area (Å²) in [6.45, 7) is 2.84. The molecule has 3 rings (SSSR count). The van der Waals surface area contributed by atoms with Crippen molar-refractivity contribution in [3.63, 3.8) is 0 Å². The second-order valence-corrected chi connectivity index (χ2v) is 8.23. The van der Waals surface area contributed by atoms with Crippen LogP contribution in [0.2, 0.25) is 0 Å². The molecule has 0 aromatic heterocycles. The summed E-state index contributed by atoms with van der Waals surface area (Å²) in [4.78, 5) is 12.8. The van der Waals surface area contributed by atoms with Gasteiger partial charge in [-0.3, -0.25) is 15.0 Å². The average Bonchev–Trinajstić information content (AvgIpc) is 3.23. The zero-order valence-corrected chi connectivity index (χ0v) is 13.8. The molecule has 0 unspecified atom stereocenters. The van der Waals surface area contributed by atoms with Crippen molar-refractivity contribution in [3.05, 3.63) is 39.9 Å². The first-order chi connectivity index (χ1) is 10.9. The molecule has 1 aromatic carbocycles. The number of nitrogens with one attached hydrogen (secondary N) is 1. The zero-order chi connectivity index (χ0) is 16.6. The smallest absolute Gasteiger partial charge is 0.273 e. The number of para-hydroxylation sites is 1. The second-order valence-electron chi connectivity index (χ2n) is 6.47. The Labute approximate surface area is 135 Å². The third-order valence-corrected chi connectivity index (χ3v) is 5.90. The lowest BCUT2D eigenvalue weighted by Crippen LogP contribution is -2.38. The molecule has 0 spiro atoms. The first-order valence-electron chi connectivity index (χ1n) is 7.84. The van der Waals surface area contributed by atoms with E-state index in [0.29, 0.717) is 12.1 Å². The number of benzene rings is 1. The van der Waals surface area contributed by atoms with Crippen LogP contribution in [0, 0.1) is 10.1 Å². The SMILES string of the molecule is C[C@@H]1C[C@@H](NS(=O)(=O)Cc2ccccc2[N+](=O)[O-])CN1C1CC1. The molecule has 2 aliphatic rings. The predicted octanol–water partition coefficient (Wildman–Crippen LogP) is 1.64. The van der Waals surface area contributed by atoms with Crippen LogP contribution in [0.15, 0.2) is 24.3 Å². The maximum Gasteiger partial charge on any atom is 0.273 e. The molecule has 2 fully saturated rings. The van der Waals surface area contributed by atoms with Crippen molar-refractivity contribution >= 4 is 15.7 Å². The van der Waals surface area contributed by atoms with Crippen molar-refractivity contribution in [2.75, 3.05) is 6.54 Å². The van der Waals surface area contributed by atoms with Crippen LogP contribution in [0.4, 0.5) is 5.69 Å². The van der Waals surface area contributed by atoms with Gasteiger partial charge >= 0.3 is 0 Å². The van der Waals surface area contributed by atoms with Gasteiger partial charge in [-0.25, -0.2) is 13.1 Å². The predicted molar refractivity (Wildman–Crippen MR) is 86.5 cm³/mol. The first-order valence-corrected chi connectivity index (χ1v) is 9.49. The van der Waals surface area contributed by atoms with Crippen LogP contribution >= 0.6 is 0 Å². The fraction of sp³-hybridized carbons (Fsp3) is 0.600. The monoisotopic (exact) mass is 339 g/mol. The van der Waals surface area contributed by atoms with Gasteiger partial charge in [-0.2, -0.15) is 0 Å². The maximum atomic E-state index is 12.4. The van der Waals surface area contributed by atoms with E-state index in [2.05, 4.69) is 16.5 Å². The number of nitrogens with zero attached hydrogens (tertiary/aromatic N) is 2. The fourth-order valence-corrected chi connectivity index (χ4v) is 4.78. The second kappa shape index (κ2) is 6.18. The van der Waals surface area contributed by atoms with Gasteiger partial charge in [0.15, 0.2) is 0 Å². The van der Waals surface area contributed by atoms with Crippen LogP contribution in [-0.2, 0) is 15.8 Å². The zero-order valence-electron chi connectivity index (χ0n) is 13.0. The molecule has 1 saturated heterocycles. The van der Waals surface area contributed by atoms with Gasteiger partial charge < -0.3 is 0 Å². The number of likely N-dealkylation sites (tertiary alicyclic amines) is 1. The Bertz CT molecular complexity index is 702. The van der Waals surface area contributed by atoms with Crippen molar-refractivity contribution in [2.24, 2.45) is 0 Å². The van der Waals surface area contributed by atoms with E-state index in [1.807, 2.05) is 0 Å². The number of rotatable bonds is 6. The molecule has 7 nitrogen and oxygen atoms in total. The molecule has 126 valence electrons. The Balaban J connectivity index is 1.67. The summed E-state index contributed by atoms with van der Waals surface area (Å²) in [6, 6.07) is 6.84. The average molecular weight is 339 g/mol. The Morgan fingerprint density at radius 1 is 1.35 bits per heavy atom. The summed E-state index contributed by atoms with van der Waals surface area (Å²) in [6.07, 6.45) is 3.17. The van der Waals surface area contributed by atoms with Crippen molar-refractivity contribution in [2.45, 2.75) is 50.1 Å². The van der Waals surface area contributed by atoms with E-state index in [1.54, 1.807) is 6.07 Å². The van der Waals surface area contributed by atoms with Gasteiger partial charge in [0, 0.05) is 36.3 Å². The lowest BCUT2D eigenvalue weighted by molar-refractivity contribution is -0.385. The third-order valence-electron chi connectivity index (χ3n) is 4.52. The number of nitro benzene ring substituents is 1. The topological polar surface area (TPSA) is 92.5 Å². The Kier molecular flexibility index (Phi) is 4.39. The molecule has 1 saturated carbocycles. The Hall–Kier alpha value is -1.51. The highest BCUT2D eigenvalue weighted by atomic mass is 32.2. The molecule has 1 aliphatic heterocycles. The number of hydrogen-bond acceptors (Lipinski definition) is 5. The summed E-state index contributed by atoms with van der Waals surface area (Å²) in [5.74, 6) is -0.363. The largest absolute Gasteiger partial charge is 0.296 e. The highest BCUT2D eigenvalue weighted by molar-refractivity contribution is 7.88. The molecule has 2 atom stereocenters. The maximum absolute atomic E-state index is 12.4. The third kappa shape index (κ3) is 3.88. The van der Waals surface area contributed by atoms with Crippen LogP contribution in [-0.4, -0.2) is 42.9 Å². The van der Waals surface area contributed by atoms with Crippen molar-refractivity contribution in [1.82, 2.24) is 9.62 Å². The molecular formula is C15H21N3O4S. The van der Waals surface area contributed by atoms with Gasteiger partial charge in [0.2, 0.25) is 10.0 Å². The van der Waals surface area contributed by atoms with Crippen molar-refractivity contribution in [3.8, 4) is 0 Å². The Morgan fingerprint density at radius 3 is 2.70 bits per heavy atom. The highest BCUT2D eigenvalue weighted by Gasteiger charge is 2.39. The minimum atomic E-state index is -3.61. The molecule has 1 heterocycles. The number of hydrogen-bond donors (Lipinski definition) is 1. The van der Waals surface area contributed by atoms with E-state index in [0.717, 1.165) is 13.0 Å². The molecular weight excluding hydrogens is 318 g/mol. The van der Waals surface area contributed by atoms with E-state index in [1.165, 1.54) is 31.0 Å². The van der Waals surface area contributed by atoms with Gasteiger partial charge in [0.1, 0.15) is 0 Å². The van der Waals surface area contributed by atoms with E-state index >= 15 is 0 Å². The summed E-state index contributed by atoms with van der Waals surface area (Å²) in [5.41, 5.74) is 0.0624. The molecule has 0 bridgehead atoms. The van der Waals surface area contributed by atoms with Crippen molar-refractivity contribution < 1.29 is 13.3 Å². The standard InChI is InChI=1S/C15H21N3O4S/c1-11-8-13(9-17(11)14-6-7-14)16-23(21,22)10-12-4-2-3-5-15(12)18(19)20/h2-5,11,13-14,16H,6-10H2,1H3/t11-,13-/m1/s1. The van der Waals surface area contributed by atoms with E-state index in [9.17, 15) is 18.5 Å². The number of nitro groups is 1. The lowest BCUT2D eigenvalue weighted by atomic mass is 10.2. The molecule has 8 heteroatoms. The van der Waals surface area contributed by atoms with Gasteiger partial charge in [0.25, 0.3) is 5.69 Å². The van der Waals surface area contributed by atoms with Gasteiger partial charge in [-0.05, 0) is 26.2 Å².